The van der Waals surface area contributed by atoms with Crippen LogP contribution < -0.4 is 42.6 Å². The number of alkyl halides is 2. The van der Waals surface area contributed by atoms with Crippen molar-refractivity contribution < 1.29 is 42.5 Å². The molecular weight excluding hydrogens is 1160 g/mol. The van der Waals surface area contributed by atoms with E-state index in [9.17, 15) is 42.7 Å². The number of rotatable bonds is 13. The second-order valence-corrected chi connectivity index (χ2v) is 25.6. The number of aryl methyl sites for hydroxylation is 4. The molecule has 0 atom stereocenters. The molecule has 4 aliphatic heterocycles. The van der Waals surface area contributed by atoms with E-state index in [1.165, 1.54) is 0 Å². The highest BCUT2D eigenvalue weighted by molar-refractivity contribution is 6.08. The molecule has 0 unspecified atom stereocenters. The minimum Gasteiger partial charge on any atom is -0.478 e. The highest BCUT2D eigenvalue weighted by atomic mass is 19.1. The Morgan fingerprint density at radius 2 is 0.978 bits per heavy atom. The lowest BCUT2D eigenvalue weighted by atomic mass is 9.69. The Hall–Kier alpha value is -8.00. The molecule has 4 fully saturated rings. The summed E-state index contributed by atoms with van der Waals surface area (Å²) in [5.74, 6) is -1.31. The van der Waals surface area contributed by atoms with Crippen molar-refractivity contribution in [2.75, 3.05) is 60.0 Å². The molecule has 6 heterocycles. The number of amides is 3. The van der Waals surface area contributed by atoms with Crippen molar-refractivity contribution in [2.24, 2.45) is 5.73 Å². The first-order valence-electron chi connectivity index (χ1n) is 32.4. The maximum atomic E-state index is 14.2. The number of aromatic amines is 2. The number of nitrogens with zero attached hydrogens (tertiary/aromatic N) is 2. The molecule has 0 radical (unpaired) electrons. The molecule has 3 amide bonds. The average Bonchev–Trinajstić information content (AvgIpc) is 1.69. The van der Waals surface area contributed by atoms with Crippen LogP contribution in [0.15, 0.2) is 82.4 Å². The number of fused-ring (bicyclic) bond motifs is 4. The number of H-pyrrole nitrogens is 2. The van der Waals surface area contributed by atoms with Gasteiger partial charge in [-0.1, -0.05) is 12.1 Å². The molecule has 6 aromatic rings. The van der Waals surface area contributed by atoms with Crippen LogP contribution in [0, 0.1) is 41.5 Å². The van der Waals surface area contributed by atoms with E-state index in [2.05, 4.69) is 67.8 Å². The van der Waals surface area contributed by atoms with Crippen LogP contribution in [0.4, 0.5) is 31.5 Å². The standard InChI is InChI=1S/C36H43FN4O4.C28H33FN2O4.C8H12N2O/c1-5-41(27-10-14-45-15-11-27)32-19-25(17-28(23(32)4)33(42)38-20-29-21(2)16-22(3)39-34(29)43)24-6-7-31-30(18-24)36(35(44)40-31)12-8-26(37)9-13-36;1-3-31(21-8-12-35-13-9-21)25-16-19(14-22(17(25)2)26(32)33)18-4-5-24-23(15-18)28(27(34)30-24)10-6-20(29)7-11-28;1-5-3-6(2)10-8(11)7(5)4-9/h6-7,16-19,26-27H,5,8-15,20H2,1-4H3,(H,38,42)(H,39,43)(H,40,44);4-5,14-16,20-21H,3,6-13H2,1-2H3,(H,30,34)(H,32,33);3H,4,9H2,1-2H3,(H,10,11). The summed E-state index contributed by atoms with van der Waals surface area (Å²) in [5, 5.41) is 19.1. The van der Waals surface area contributed by atoms with Gasteiger partial charge in [-0.2, -0.15) is 0 Å². The molecule has 8 N–H and O–H groups in total. The van der Waals surface area contributed by atoms with Crippen molar-refractivity contribution in [3.63, 3.8) is 0 Å². The summed E-state index contributed by atoms with van der Waals surface area (Å²) in [4.78, 5) is 86.4. The molecule has 2 saturated heterocycles. The van der Waals surface area contributed by atoms with Crippen molar-refractivity contribution >= 4 is 46.4 Å². The van der Waals surface area contributed by atoms with E-state index in [-0.39, 0.29) is 47.0 Å². The lowest BCUT2D eigenvalue weighted by Gasteiger charge is -2.37. The summed E-state index contributed by atoms with van der Waals surface area (Å²) in [5.41, 5.74) is 19.5. The van der Waals surface area contributed by atoms with E-state index in [0.29, 0.717) is 107 Å². The first-order valence-corrected chi connectivity index (χ1v) is 32.4. The minimum atomic E-state index is -0.954. The van der Waals surface area contributed by atoms with E-state index in [1.807, 2.05) is 90.1 Å². The summed E-state index contributed by atoms with van der Waals surface area (Å²) < 4.78 is 39.3. The Bertz CT molecular complexity index is 3850. The summed E-state index contributed by atoms with van der Waals surface area (Å²) >= 11 is 0. The van der Waals surface area contributed by atoms with Gasteiger partial charge in [0.1, 0.15) is 12.3 Å². The van der Waals surface area contributed by atoms with Crippen molar-refractivity contribution in [2.45, 2.75) is 181 Å². The molecule has 2 aromatic heterocycles. The van der Waals surface area contributed by atoms with Gasteiger partial charge in [-0.25, -0.2) is 13.6 Å². The zero-order chi connectivity index (χ0) is 65.1. The summed E-state index contributed by atoms with van der Waals surface area (Å²) in [6.07, 6.45) is 5.33. The molecule has 2 spiro atoms. The first kappa shape index (κ1) is 65.9. The molecule has 19 heteroatoms. The van der Waals surface area contributed by atoms with E-state index in [1.54, 1.807) is 6.07 Å². The second kappa shape index (κ2) is 27.8. The van der Waals surface area contributed by atoms with Crippen molar-refractivity contribution in [1.82, 2.24) is 15.3 Å². The predicted octanol–water partition coefficient (Wildman–Crippen LogP) is 11.9. The van der Waals surface area contributed by atoms with Gasteiger partial charge in [0.15, 0.2) is 0 Å². The van der Waals surface area contributed by atoms with Gasteiger partial charge in [0.2, 0.25) is 11.8 Å². The van der Waals surface area contributed by atoms with Crippen molar-refractivity contribution in [1.29, 1.82) is 0 Å². The predicted molar refractivity (Wildman–Crippen MR) is 353 cm³/mol. The summed E-state index contributed by atoms with van der Waals surface area (Å²) in [6, 6.07) is 24.1. The average molecular weight is 1250 g/mol. The smallest absolute Gasteiger partial charge is 0.336 e. The normalized spacial score (nSPS) is 21.2. The van der Waals surface area contributed by atoms with Gasteiger partial charge >= 0.3 is 5.97 Å². The number of pyridine rings is 2. The minimum absolute atomic E-state index is 0.0516. The Labute approximate surface area is 531 Å². The second-order valence-electron chi connectivity index (χ2n) is 25.6. The number of aromatic nitrogens is 2. The maximum Gasteiger partial charge on any atom is 0.336 e. The Kier molecular flexibility index (Phi) is 20.2. The Balaban J connectivity index is 0.000000175. The van der Waals surface area contributed by atoms with Crippen LogP contribution in [0.3, 0.4) is 0 Å². The SMILES string of the molecule is CCN(c1cc(-c2ccc3c(c2)C2(CCC(F)CC2)C(=O)N3)cc(C(=O)NCc2c(C)cc(C)[nH]c2=O)c1C)C1CCOCC1.CCN(c1cc(-c2ccc3c(c2)C2(CCC(F)CC2)C(=O)N3)cc(C(=O)O)c1C)C1CCOCC1.Cc1cc(C)c(CN)c(=O)[nH]1. The van der Waals surface area contributed by atoms with Gasteiger partial charge < -0.3 is 56.0 Å². The third kappa shape index (κ3) is 13.5. The third-order valence-corrected chi connectivity index (χ3v) is 20.1. The summed E-state index contributed by atoms with van der Waals surface area (Å²) in [6.45, 7) is 20.3. The van der Waals surface area contributed by atoms with Gasteiger partial charge in [0, 0.05) is 116 Å². The molecular formula is C72H88F2N8O9. The Morgan fingerprint density at radius 1 is 0.571 bits per heavy atom. The molecule has 484 valence electrons. The number of hydrogen-bond acceptors (Lipinski definition) is 11. The number of carboxylic acid groups (broad SMARTS) is 1. The number of nitrogens with two attached hydrogens (primary N) is 1. The molecule has 2 saturated carbocycles. The topological polar surface area (TPSA) is 241 Å². The first-order chi connectivity index (χ1) is 43.6. The van der Waals surface area contributed by atoms with Crippen LogP contribution in [0.2, 0.25) is 0 Å². The lowest BCUT2D eigenvalue weighted by molar-refractivity contribution is -0.123. The van der Waals surface area contributed by atoms with Gasteiger partial charge in [0.25, 0.3) is 17.0 Å². The van der Waals surface area contributed by atoms with Crippen LogP contribution in [0.25, 0.3) is 22.3 Å². The maximum absolute atomic E-state index is 14.2. The molecule has 2 aliphatic carbocycles. The molecule has 12 rings (SSSR count). The quantitative estimate of drug-likeness (QED) is 0.0571. The number of ether oxygens (including phenoxy) is 2. The van der Waals surface area contributed by atoms with Crippen LogP contribution >= 0.6 is 0 Å². The third-order valence-electron chi connectivity index (χ3n) is 20.1. The number of benzene rings is 4. The number of anilines is 4. The Morgan fingerprint density at radius 3 is 1.37 bits per heavy atom. The molecule has 6 aliphatic rings. The van der Waals surface area contributed by atoms with Crippen LogP contribution in [-0.2, 0) is 43.0 Å². The lowest BCUT2D eigenvalue weighted by Crippen LogP contribution is -2.40. The largest absolute Gasteiger partial charge is 0.478 e. The van der Waals surface area contributed by atoms with Gasteiger partial charge in [-0.05, 0) is 249 Å². The van der Waals surface area contributed by atoms with E-state index in [0.717, 1.165) is 129 Å². The fourth-order valence-electron chi connectivity index (χ4n) is 14.9. The van der Waals surface area contributed by atoms with Gasteiger partial charge in [-0.3, -0.25) is 24.0 Å². The number of carboxylic acids is 1. The fraction of sp³-hybridized carbons (Fsp3) is 0.472. The van der Waals surface area contributed by atoms with Crippen molar-refractivity contribution in [3.05, 3.63) is 161 Å². The highest BCUT2D eigenvalue weighted by Gasteiger charge is 2.50. The number of aromatic carboxylic acids is 1. The van der Waals surface area contributed by atoms with Gasteiger partial charge in [0.05, 0.1) is 16.4 Å². The van der Waals surface area contributed by atoms with E-state index >= 15 is 0 Å². The molecule has 0 bridgehead atoms. The van der Waals surface area contributed by atoms with Gasteiger partial charge in [-0.15, -0.1) is 0 Å². The number of halogens is 2. The molecule has 17 nitrogen and oxygen atoms in total. The zero-order valence-electron chi connectivity index (χ0n) is 53.8. The van der Waals surface area contributed by atoms with Crippen LogP contribution in [-0.4, -0.2) is 103 Å². The highest BCUT2D eigenvalue weighted by Crippen LogP contribution is 2.51. The van der Waals surface area contributed by atoms with Crippen molar-refractivity contribution in [3.8, 4) is 22.3 Å². The summed E-state index contributed by atoms with van der Waals surface area (Å²) in [7, 11) is 0. The zero-order valence-corrected chi connectivity index (χ0v) is 53.8. The number of nitrogens with one attached hydrogen (secondary N) is 5. The van der Waals surface area contributed by atoms with E-state index in [4.69, 9.17) is 15.2 Å². The fourth-order valence-corrected chi connectivity index (χ4v) is 14.9. The monoisotopic (exact) mass is 1250 g/mol. The number of hydrogen-bond donors (Lipinski definition) is 7. The van der Waals surface area contributed by atoms with Crippen LogP contribution in [0.5, 0.6) is 0 Å². The molecule has 91 heavy (non-hydrogen) atoms. The molecule has 4 aromatic carbocycles. The van der Waals surface area contributed by atoms with E-state index < -0.39 is 29.1 Å². The van der Waals surface area contributed by atoms with Crippen LogP contribution in [0.1, 0.15) is 168 Å². The number of carbonyl (C=O) groups excluding carboxylic acids is 3. The number of carbonyl (C=O) groups is 4.